The predicted octanol–water partition coefficient (Wildman–Crippen LogP) is 3.79. The van der Waals surface area contributed by atoms with Gasteiger partial charge in [0, 0.05) is 12.2 Å². The lowest BCUT2D eigenvalue weighted by Crippen LogP contribution is -2.42. The second-order valence-corrected chi connectivity index (χ2v) is 11.6. The Bertz CT molecular complexity index is 1020. The predicted molar refractivity (Wildman–Crippen MR) is 142 cm³/mol. The number of hydrogen-bond donors (Lipinski definition) is 3. The number of primary amides is 1. The van der Waals surface area contributed by atoms with Crippen molar-refractivity contribution in [1.29, 1.82) is 0 Å². The van der Waals surface area contributed by atoms with Crippen molar-refractivity contribution in [2.24, 2.45) is 35.3 Å². The van der Waals surface area contributed by atoms with E-state index >= 15 is 0 Å². The Hall–Kier alpha value is -3.24. The van der Waals surface area contributed by atoms with Crippen molar-refractivity contribution < 1.29 is 28.6 Å². The first-order chi connectivity index (χ1) is 17.9. The summed E-state index contributed by atoms with van der Waals surface area (Å²) in [4.78, 5) is 36.4. The third-order valence-electron chi connectivity index (χ3n) is 7.37. The molecule has 2 aliphatic rings. The molecule has 0 aliphatic heterocycles. The summed E-state index contributed by atoms with van der Waals surface area (Å²) < 4.78 is 17.3. The molecule has 2 aliphatic carbocycles. The van der Waals surface area contributed by atoms with Gasteiger partial charge in [-0.15, -0.1) is 0 Å². The van der Waals surface area contributed by atoms with E-state index in [1.807, 2.05) is 27.7 Å². The number of hydrogen-bond acceptors (Lipinski definition) is 7. The van der Waals surface area contributed by atoms with Crippen LogP contribution in [-0.2, 0) is 9.47 Å². The van der Waals surface area contributed by atoms with Gasteiger partial charge in [0.25, 0.3) is 5.91 Å². The minimum Gasteiger partial charge on any atom is -0.477 e. The van der Waals surface area contributed by atoms with Gasteiger partial charge in [0.2, 0.25) is 5.88 Å². The highest BCUT2D eigenvalue weighted by molar-refractivity contribution is 5.96. The maximum atomic E-state index is 13.6. The van der Waals surface area contributed by atoms with Crippen molar-refractivity contribution in [3.8, 4) is 5.88 Å². The van der Waals surface area contributed by atoms with Crippen LogP contribution in [0.3, 0.4) is 0 Å². The Kier molecular flexibility index (Phi) is 9.67. The van der Waals surface area contributed by atoms with Crippen LogP contribution in [0.15, 0.2) is 12.3 Å². The van der Waals surface area contributed by atoms with Gasteiger partial charge < -0.3 is 30.6 Å². The van der Waals surface area contributed by atoms with Gasteiger partial charge in [-0.25, -0.2) is 14.3 Å². The van der Waals surface area contributed by atoms with E-state index < -0.39 is 17.7 Å². The highest BCUT2D eigenvalue weighted by Gasteiger charge is 2.47. The molecular formula is C27H43N5O6. The zero-order chi connectivity index (χ0) is 28.0. The fourth-order valence-corrected chi connectivity index (χ4v) is 5.78. The number of aromatic nitrogens is 2. The molecule has 2 saturated carbocycles. The van der Waals surface area contributed by atoms with Crippen molar-refractivity contribution in [3.63, 3.8) is 0 Å². The average molecular weight is 534 g/mol. The summed E-state index contributed by atoms with van der Waals surface area (Å²) in [7, 11) is 1.31. The number of carbonyl (C=O) groups is 3. The number of nitrogens with zero attached hydrogens (tertiary/aromatic N) is 2. The number of methoxy groups -OCH3 is 1. The van der Waals surface area contributed by atoms with Gasteiger partial charge in [-0.2, -0.15) is 5.10 Å². The summed E-state index contributed by atoms with van der Waals surface area (Å²) in [5, 5.41) is 10.4. The van der Waals surface area contributed by atoms with Crippen LogP contribution in [0, 0.1) is 29.6 Å². The number of rotatable bonds is 11. The maximum absolute atomic E-state index is 13.6. The lowest BCUT2D eigenvalue weighted by molar-refractivity contribution is 0.0895. The Morgan fingerprint density at radius 1 is 1.24 bits per heavy atom. The topological polar surface area (TPSA) is 147 Å². The molecule has 0 radical (unpaired) electrons. The number of alkyl carbamates (subject to hydrolysis) is 1. The van der Waals surface area contributed by atoms with Crippen LogP contribution < -0.4 is 21.1 Å². The Labute approximate surface area is 224 Å². The molecule has 1 aromatic rings. The van der Waals surface area contributed by atoms with E-state index in [9.17, 15) is 14.4 Å². The summed E-state index contributed by atoms with van der Waals surface area (Å²) in [6.45, 7) is 10.6. The standard InChI is InChI=1S/C27H43N5O6/c1-16(2)15-38-24-21(14-29-32(24)9-8-27(4,5)31-26(35)36-6)23(33)30-22-19-12-17(3)11-18(13-19)20(22)7-10-37-25(28)34/h8-9,14,16-20,22H,7,10-13,15H2,1-6H3,(H2,28,34)(H,30,33)(H,31,35)/b9-8+. The van der Waals surface area contributed by atoms with E-state index in [1.54, 1.807) is 12.3 Å². The summed E-state index contributed by atoms with van der Waals surface area (Å²) in [6.07, 6.45) is 7.44. The summed E-state index contributed by atoms with van der Waals surface area (Å²) in [6, 6.07) is -0.0334. The first-order valence-electron chi connectivity index (χ1n) is 13.4. The van der Waals surface area contributed by atoms with E-state index in [2.05, 4.69) is 22.7 Å². The van der Waals surface area contributed by atoms with E-state index in [0.717, 1.165) is 19.3 Å². The maximum Gasteiger partial charge on any atom is 0.407 e. The second kappa shape index (κ2) is 12.5. The smallest absolute Gasteiger partial charge is 0.407 e. The molecule has 1 heterocycles. The Morgan fingerprint density at radius 3 is 2.61 bits per heavy atom. The van der Waals surface area contributed by atoms with E-state index in [4.69, 9.17) is 19.9 Å². The van der Waals surface area contributed by atoms with Crippen LogP contribution in [0.2, 0.25) is 0 Å². The number of fused-ring (bicyclic) bond motifs is 2. The number of ether oxygens (including phenoxy) is 3. The van der Waals surface area contributed by atoms with Gasteiger partial charge in [-0.1, -0.05) is 20.8 Å². The van der Waals surface area contributed by atoms with Crippen LogP contribution in [0.25, 0.3) is 6.20 Å². The van der Waals surface area contributed by atoms with Crippen molar-refractivity contribution >= 4 is 24.3 Å². The first-order valence-corrected chi connectivity index (χ1v) is 13.4. The van der Waals surface area contributed by atoms with Gasteiger partial charge in [0.1, 0.15) is 5.56 Å². The summed E-state index contributed by atoms with van der Waals surface area (Å²) in [5.41, 5.74) is 4.78. The van der Waals surface area contributed by atoms with E-state index in [0.29, 0.717) is 42.2 Å². The van der Waals surface area contributed by atoms with Crippen LogP contribution in [0.5, 0.6) is 5.88 Å². The van der Waals surface area contributed by atoms with Gasteiger partial charge in [-0.05, 0) is 75.2 Å². The summed E-state index contributed by atoms with van der Waals surface area (Å²) >= 11 is 0. The molecule has 2 bridgehead atoms. The molecule has 0 spiro atoms. The quantitative estimate of drug-likeness (QED) is 0.392. The molecule has 38 heavy (non-hydrogen) atoms. The fraction of sp³-hybridized carbons (Fsp3) is 0.704. The average Bonchev–Trinajstić information content (AvgIpc) is 3.34. The zero-order valence-electron chi connectivity index (χ0n) is 23.4. The van der Waals surface area contributed by atoms with Gasteiger partial charge >= 0.3 is 12.2 Å². The molecule has 1 aromatic heterocycles. The van der Waals surface area contributed by atoms with Crippen molar-refractivity contribution in [2.75, 3.05) is 20.3 Å². The van der Waals surface area contributed by atoms with Gasteiger partial charge in [0.05, 0.1) is 32.1 Å². The largest absolute Gasteiger partial charge is 0.477 e. The third kappa shape index (κ3) is 7.64. The molecule has 0 saturated heterocycles. The number of amides is 3. The lowest BCUT2D eigenvalue weighted by atomic mass is 9.80. The molecule has 212 valence electrons. The van der Waals surface area contributed by atoms with Crippen molar-refractivity contribution in [2.45, 2.75) is 71.9 Å². The highest BCUT2D eigenvalue weighted by atomic mass is 16.5. The molecule has 11 nitrogen and oxygen atoms in total. The molecule has 2 fully saturated rings. The molecule has 5 atom stereocenters. The second-order valence-electron chi connectivity index (χ2n) is 11.6. The number of nitrogens with two attached hydrogens (primary N) is 1. The van der Waals surface area contributed by atoms with Crippen LogP contribution in [-0.4, -0.2) is 59.8 Å². The van der Waals surface area contributed by atoms with Crippen LogP contribution in [0.1, 0.15) is 70.7 Å². The Balaban J connectivity index is 1.82. The fourth-order valence-electron chi connectivity index (χ4n) is 5.78. The van der Waals surface area contributed by atoms with Gasteiger partial charge in [0.15, 0.2) is 0 Å². The van der Waals surface area contributed by atoms with Gasteiger partial charge in [-0.3, -0.25) is 4.79 Å². The lowest BCUT2D eigenvalue weighted by Gasteiger charge is -2.26. The molecule has 3 amide bonds. The van der Waals surface area contributed by atoms with E-state index in [1.165, 1.54) is 18.0 Å². The number of carbonyl (C=O) groups excluding carboxylic acids is 3. The minimum absolute atomic E-state index is 0.0334. The van der Waals surface area contributed by atoms with Crippen LogP contribution >= 0.6 is 0 Å². The highest BCUT2D eigenvalue weighted by Crippen LogP contribution is 2.49. The normalized spacial score (nSPS) is 24.9. The molecule has 11 heteroatoms. The van der Waals surface area contributed by atoms with Crippen LogP contribution in [0.4, 0.5) is 9.59 Å². The molecule has 0 aromatic carbocycles. The minimum atomic E-state index is -0.780. The van der Waals surface area contributed by atoms with Crippen molar-refractivity contribution in [1.82, 2.24) is 20.4 Å². The summed E-state index contributed by atoms with van der Waals surface area (Å²) in [5.74, 6) is 1.95. The first kappa shape index (κ1) is 29.3. The molecular weight excluding hydrogens is 490 g/mol. The van der Waals surface area contributed by atoms with E-state index in [-0.39, 0.29) is 30.4 Å². The SMILES string of the molecule is COC(=O)NC(C)(C)/C=C/n1ncc(C(=O)NC2C3CC(C)CC(C3)C2CCOC(N)=O)c1OCC(C)C. The molecule has 5 unspecified atom stereocenters. The monoisotopic (exact) mass is 533 g/mol. The number of nitrogens with one attached hydrogen (secondary N) is 2. The Morgan fingerprint density at radius 2 is 1.95 bits per heavy atom. The third-order valence-corrected chi connectivity index (χ3v) is 7.37. The zero-order valence-corrected chi connectivity index (χ0v) is 23.4. The molecule has 3 rings (SSSR count). The van der Waals surface area contributed by atoms with Crippen molar-refractivity contribution in [3.05, 3.63) is 17.8 Å². The molecule has 4 N–H and O–H groups in total.